The maximum atomic E-state index is 12.9. The molecule has 0 aliphatic carbocycles. The van der Waals surface area contributed by atoms with Gasteiger partial charge in [-0.2, -0.15) is 0 Å². The van der Waals surface area contributed by atoms with Crippen molar-refractivity contribution in [1.29, 1.82) is 0 Å². The zero-order chi connectivity index (χ0) is 18.4. The van der Waals surface area contributed by atoms with Crippen molar-refractivity contribution in [2.75, 3.05) is 20.2 Å². The number of hydrogen-bond acceptors (Lipinski definition) is 5. The highest BCUT2D eigenvalue weighted by Gasteiger charge is 2.24. The number of methoxy groups -OCH3 is 1. The summed E-state index contributed by atoms with van der Waals surface area (Å²) in [4.78, 5) is 21.7. The second-order valence-electron chi connectivity index (χ2n) is 5.96. The predicted molar refractivity (Wildman–Crippen MR) is 94.2 cm³/mol. The van der Waals surface area contributed by atoms with E-state index in [0.29, 0.717) is 13.1 Å². The molecule has 6 nitrogen and oxygen atoms in total. The molecule has 3 rings (SSSR count). The molecule has 1 amide bonds. The van der Waals surface area contributed by atoms with Crippen LogP contribution in [0.1, 0.15) is 18.4 Å². The van der Waals surface area contributed by atoms with Crippen LogP contribution in [0.2, 0.25) is 0 Å². The molecule has 1 aromatic carbocycles. The van der Waals surface area contributed by atoms with Gasteiger partial charge >= 0.3 is 6.01 Å². The van der Waals surface area contributed by atoms with Crippen molar-refractivity contribution in [2.24, 2.45) is 0 Å². The topological polar surface area (TPSA) is 64.5 Å². The molecule has 2 heterocycles. The van der Waals surface area contributed by atoms with Crippen LogP contribution in [0.5, 0.6) is 11.8 Å². The van der Waals surface area contributed by atoms with Crippen LogP contribution in [0.25, 0.3) is 6.08 Å². The molecule has 26 heavy (non-hydrogen) atoms. The monoisotopic (exact) mass is 357 g/mol. The third-order valence-electron chi connectivity index (χ3n) is 4.09. The normalized spacial score (nSPS) is 17.3. The van der Waals surface area contributed by atoms with Gasteiger partial charge in [-0.25, -0.2) is 14.4 Å². The second kappa shape index (κ2) is 8.42. The van der Waals surface area contributed by atoms with E-state index < -0.39 is 5.82 Å². The van der Waals surface area contributed by atoms with Crippen molar-refractivity contribution >= 4 is 12.0 Å². The second-order valence-corrected chi connectivity index (χ2v) is 5.96. The Labute approximate surface area is 151 Å². The molecule has 1 saturated heterocycles. The molecule has 1 aliphatic heterocycles. The third-order valence-corrected chi connectivity index (χ3v) is 4.09. The predicted octanol–water partition coefficient (Wildman–Crippen LogP) is 2.71. The van der Waals surface area contributed by atoms with Gasteiger partial charge in [0.15, 0.2) is 5.82 Å². The van der Waals surface area contributed by atoms with Gasteiger partial charge in [0.05, 0.1) is 26.0 Å². The van der Waals surface area contributed by atoms with E-state index in [9.17, 15) is 9.18 Å². The fraction of sp³-hybridized carbons (Fsp3) is 0.316. The molecular formula is C19H20FN3O3. The molecule has 2 aromatic rings. The number of nitrogens with zero attached hydrogens (tertiary/aromatic N) is 3. The zero-order valence-electron chi connectivity index (χ0n) is 14.5. The average molecular weight is 357 g/mol. The van der Waals surface area contributed by atoms with Crippen molar-refractivity contribution in [2.45, 2.75) is 18.9 Å². The molecule has 0 spiro atoms. The Morgan fingerprint density at radius 3 is 2.69 bits per heavy atom. The van der Waals surface area contributed by atoms with Crippen LogP contribution in [0, 0.1) is 5.82 Å². The van der Waals surface area contributed by atoms with Crippen LogP contribution in [0.15, 0.2) is 42.7 Å². The number of hydrogen-bond donors (Lipinski definition) is 0. The molecule has 1 atom stereocenters. The Balaban J connectivity index is 1.56. The first kappa shape index (κ1) is 17.8. The lowest BCUT2D eigenvalue weighted by Crippen LogP contribution is -2.43. The first-order chi connectivity index (χ1) is 12.6. The van der Waals surface area contributed by atoms with Crippen LogP contribution in [0.4, 0.5) is 4.39 Å². The zero-order valence-corrected chi connectivity index (χ0v) is 14.5. The number of carbonyl (C=O) groups is 1. The molecule has 0 bridgehead atoms. The number of rotatable bonds is 5. The highest BCUT2D eigenvalue weighted by atomic mass is 19.1. The summed E-state index contributed by atoms with van der Waals surface area (Å²) in [5, 5.41) is 0. The van der Waals surface area contributed by atoms with Crippen molar-refractivity contribution in [3.05, 3.63) is 54.1 Å². The molecule has 0 N–H and O–H groups in total. The lowest BCUT2D eigenvalue weighted by Gasteiger charge is -2.31. The van der Waals surface area contributed by atoms with Gasteiger partial charge in [-0.15, -0.1) is 0 Å². The number of ether oxygens (including phenoxy) is 2. The van der Waals surface area contributed by atoms with E-state index in [2.05, 4.69) is 9.97 Å². The van der Waals surface area contributed by atoms with E-state index in [-0.39, 0.29) is 18.0 Å². The fourth-order valence-corrected chi connectivity index (χ4v) is 2.73. The van der Waals surface area contributed by atoms with Crippen LogP contribution >= 0.6 is 0 Å². The van der Waals surface area contributed by atoms with Crippen molar-refractivity contribution < 1.29 is 18.7 Å². The number of amides is 1. The van der Waals surface area contributed by atoms with Gasteiger partial charge in [0.25, 0.3) is 0 Å². The molecule has 0 radical (unpaired) electrons. The van der Waals surface area contributed by atoms with Gasteiger partial charge in [-0.05, 0) is 36.6 Å². The minimum atomic E-state index is -0.513. The minimum absolute atomic E-state index is 0.0749. The summed E-state index contributed by atoms with van der Waals surface area (Å²) in [6, 6.07) is 7.59. The first-order valence-electron chi connectivity index (χ1n) is 8.39. The largest absolute Gasteiger partial charge is 0.497 e. The van der Waals surface area contributed by atoms with Gasteiger partial charge in [0, 0.05) is 12.6 Å². The van der Waals surface area contributed by atoms with E-state index >= 15 is 0 Å². The summed E-state index contributed by atoms with van der Waals surface area (Å²) in [6.45, 7) is 1.13. The Kier molecular flexibility index (Phi) is 5.78. The SMILES string of the molecule is COc1ccc(/C=C/C(=O)N2CCCC(Oc3ncc(F)cn3)C2)cc1. The lowest BCUT2D eigenvalue weighted by molar-refractivity contribution is -0.128. The molecule has 1 unspecified atom stereocenters. The molecule has 1 aliphatic rings. The Morgan fingerprint density at radius 2 is 2.00 bits per heavy atom. The van der Waals surface area contributed by atoms with Gasteiger partial charge < -0.3 is 14.4 Å². The van der Waals surface area contributed by atoms with E-state index in [4.69, 9.17) is 9.47 Å². The standard InChI is InChI=1S/C19H20FN3O3/c1-25-16-7-4-14(5-8-16)6-9-18(24)23-10-2-3-17(13-23)26-19-21-11-15(20)12-22-19/h4-9,11-12,17H,2-3,10,13H2,1H3/b9-6+. The van der Waals surface area contributed by atoms with Crippen LogP contribution in [0.3, 0.4) is 0 Å². The van der Waals surface area contributed by atoms with E-state index in [1.54, 1.807) is 24.2 Å². The van der Waals surface area contributed by atoms with Crippen LogP contribution in [-0.2, 0) is 4.79 Å². The van der Waals surface area contributed by atoms with Crippen molar-refractivity contribution in [1.82, 2.24) is 14.9 Å². The fourth-order valence-electron chi connectivity index (χ4n) is 2.73. The summed E-state index contributed by atoms with van der Waals surface area (Å²) in [6.07, 6.45) is 6.87. The molecule has 136 valence electrons. The summed E-state index contributed by atoms with van der Waals surface area (Å²) >= 11 is 0. The summed E-state index contributed by atoms with van der Waals surface area (Å²) in [5.41, 5.74) is 0.920. The number of carbonyl (C=O) groups excluding carboxylic acids is 1. The number of piperidine rings is 1. The average Bonchev–Trinajstić information content (AvgIpc) is 2.68. The maximum absolute atomic E-state index is 12.9. The highest BCUT2D eigenvalue weighted by Crippen LogP contribution is 2.17. The van der Waals surface area contributed by atoms with Crippen molar-refractivity contribution in [3.8, 4) is 11.8 Å². The summed E-state index contributed by atoms with van der Waals surface area (Å²) < 4.78 is 23.6. The van der Waals surface area contributed by atoms with Gasteiger partial charge in [0.1, 0.15) is 11.9 Å². The highest BCUT2D eigenvalue weighted by molar-refractivity contribution is 5.91. The quantitative estimate of drug-likeness (QED) is 0.770. The maximum Gasteiger partial charge on any atom is 0.316 e. The van der Waals surface area contributed by atoms with Crippen LogP contribution in [-0.4, -0.2) is 47.1 Å². The molecule has 7 heteroatoms. The number of aromatic nitrogens is 2. The molecule has 1 aromatic heterocycles. The third kappa shape index (κ3) is 4.78. The minimum Gasteiger partial charge on any atom is -0.497 e. The smallest absolute Gasteiger partial charge is 0.316 e. The number of likely N-dealkylation sites (tertiary alicyclic amines) is 1. The Morgan fingerprint density at radius 1 is 1.27 bits per heavy atom. The van der Waals surface area contributed by atoms with Gasteiger partial charge in [-0.3, -0.25) is 4.79 Å². The van der Waals surface area contributed by atoms with Gasteiger partial charge in [-0.1, -0.05) is 12.1 Å². The number of benzene rings is 1. The first-order valence-corrected chi connectivity index (χ1v) is 8.39. The Bertz CT molecular complexity index is 763. The van der Waals surface area contributed by atoms with E-state index in [0.717, 1.165) is 36.5 Å². The van der Waals surface area contributed by atoms with E-state index in [1.165, 1.54) is 0 Å². The number of halogens is 1. The summed E-state index contributed by atoms with van der Waals surface area (Å²) in [5.74, 6) is 0.183. The molecule has 0 saturated carbocycles. The Hall–Kier alpha value is -2.96. The van der Waals surface area contributed by atoms with E-state index in [1.807, 2.05) is 24.3 Å². The van der Waals surface area contributed by atoms with Crippen molar-refractivity contribution in [3.63, 3.8) is 0 Å². The van der Waals surface area contributed by atoms with Crippen LogP contribution < -0.4 is 9.47 Å². The van der Waals surface area contributed by atoms with Gasteiger partial charge in [0.2, 0.25) is 5.91 Å². The molecule has 1 fully saturated rings. The summed E-state index contributed by atoms with van der Waals surface area (Å²) in [7, 11) is 1.61. The molecular weight excluding hydrogens is 337 g/mol. The lowest BCUT2D eigenvalue weighted by atomic mass is 10.1.